The Balaban J connectivity index is 1.47. The van der Waals surface area contributed by atoms with E-state index in [1.165, 1.54) is 28.6 Å². The molecule has 2 fully saturated rings. The number of nitrogens with zero attached hydrogens (tertiary/aromatic N) is 1. The van der Waals surface area contributed by atoms with E-state index in [-0.39, 0.29) is 36.3 Å². The predicted octanol–water partition coefficient (Wildman–Crippen LogP) is 3.37. The minimum absolute atomic E-state index is 0.0348. The van der Waals surface area contributed by atoms with Gasteiger partial charge in [0.2, 0.25) is 15.9 Å². The lowest BCUT2D eigenvalue weighted by Gasteiger charge is -2.26. The van der Waals surface area contributed by atoms with Gasteiger partial charge in [0, 0.05) is 31.9 Å². The molecule has 0 unspecified atom stereocenters. The molecule has 0 aromatic heterocycles. The van der Waals surface area contributed by atoms with Crippen LogP contribution in [0.15, 0.2) is 47.4 Å². The van der Waals surface area contributed by atoms with E-state index in [1.807, 2.05) is 0 Å². The Morgan fingerprint density at radius 3 is 2.38 bits per heavy atom. The Labute approximate surface area is 213 Å². The quantitative estimate of drug-likeness (QED) is 0.446. The number of halogens is 3. The third-order valence-corrected chi connectivity index (χ3v) is 7.97. The number of anilines is 3. The van der Waals surface area contributed by atoms with Gasteiger partial charge in [0.15, 0.2) is 0 Å². The van der Waals surface area contributed by atoms with E-state index >= 15 is 0 Å². The Bertz CT molecular complexity index is 1180. The molecule has 0 radical (unpaired) electrons. The minimum Gasteiger partial charge on any atom is -0.381 e. The van der Waals surface area contributed by atoms with Crippen molar-refractivity contribution in [3.8, 4) is 0 Å². The predicted molar refractivity (Wildman–Crippen MR) is 132 cm³/mol. The zero-order chi connectivity index (χ0) is 26.5. The summed E-state index contributed by atoms with van der Waals surface area (Å²) < 4.78 is 76.8. The Hall–Kier alpha value is -2.87. The number of hydrogen-bond donors (Lipinski definition) is 3. The van der Waals surface area contributed by atoms with Crippen molar-refractivity contribution in [3.05, 3.63) is 48.0 Å². The zero-order valence-corrected chi connectivity index (χ0v) is 20.8. The molecule has 9 nitrogen and oxygen atoms in total. The monoisotopic (exact) mass is 542 g/mol. The molecule has 0 aliphatic carbocycles. The molecule has 37 heavy (non-hydrogen) atoms. The number of rotatable bonds is 9. The topological polar surface area (TPSA) is 109 Å². The molecule has 3 N–H and O–H groups in total. The molecular formula is C24H29F3N4O5S. The van der Waals surface area contributed by atoms with Crippen LogP contribution in [0.3, 0.4) is 0 Å². The second kappa shape index (κ2) is 11.7. The van der Waals surface area contributed by atoms with E-state index in [9.17, 15) is 26.4 Å². The van der Waals surface area contributed by atoms with Gasteiger partial charge in [-0.05, 0) is 55.3 Å². The fourth-order valence-electron chi connectivity index (χ4n) is 4.07. The molecule has 202 valence electrons. The highest BCUT2D eigenvalue weighted by atomic mass is 32.2. The van der Waals surface area contributed by atoms with Crippen LogP contribution in [-0.2, 0) is 30.5 Å². The van der Waals surface area contributed by atoms with Gasteiger partial charge in [0.1, 0.15) is 0 Å². The molecule has 4 rings (SSSR count). The second-order valence-electron chi connectivity index (χ2n) is 8.72. The molecule has 2 aliphatic rings. The van der Waals surface area contributed by atoms with Crippen molar-refractivity contribution >= 4 is 33.0 Å². The first-order valence-corrected chi connectivity index (χ1v) is 13.4. The van der Waals surface area contributed by atoms with Crippen molar-refractivity contribution in [3.63, 3.8) is 0 Å². The van der Waals surface area contributed by atoms with Gasteiger partial charge < -0.3 is 25.4 Å². The summed E-state index contributed by atoms with van der Waals surface area (Å²) in [6, 6.07) is 8.73. The van der Waals surface area contributed by atoms with Crippen molar-refractivity contribution < 1.29 is 35.9 Å². The molecule has 2 saturated heterocycles. The van der Waals surface area contributed by atoms with Crippen LogP contribution in [0.5, 0.6) is 0 Å². The molecule has 1 amide bonds. The van der Waals surface area contributed by atoms with Crippen LogP contribution < -0.4 is 16.0 Å². The standard InChI is InChI=1S/C24H29F3N4O5S/c25-24(26,27)17-3-5-18(6-4-17)30-23(32)16-29-22-14-20(37(33,34)31-9-12-35-13-10-31)7-8-21(22)28-15-19-2-1-11-36-19/h3-8,14,19,28-29H,1-2,9-13,15-16H2,(H,30,32)/t19-/m0/s1. The van der Waals surface area contributed by atoms with E-state index in [0.717, 1.165) is 25.0 Å². The van der Waals surface area contributed by atoms with Crippen LogP contribution >= 0.6 is 0 Å². The molecule has 13 heteroatoms. The highest BCUT2D eigenvalue weighted by Crippen LogP contribution is 2.30. The molecule has 0 bridgehead atoms. The smallest absolute Gasteiger partial charge is 0.381 e. The lowest BCUT2D eigenvalue weighted by atomic mass is 10.2. The van der Waals surface area contributed by atoms with Crippen LogP contribution in [0.4, 0.5) is 30.2 Å². The van der Waals surface area contributed by atoms with Crippen LogP contribution in [0.2, 0.25) is 0 Å². The molecular weight excluding hydrogens is 513 g/mol. The van der Waals surface area contributed by atoms with Crippen molar-refractivity contribution in [2.24, 2.45) is 0 Å². The maximum atomic E-state index is 13.1. The average molecular weight is 543 g/mol. The number of benzene rings is 2. The molecule has 2 heterocycles. The number of carbonyl (C=O) groups is 1. The maximum Gasteiger partial charge on any atom is 0.416 e. The van der Waals surface area contributed by atoms with Gasteiger partial charge >= 0.3 is 6.18 Å². The first-order chi connectivity index (χ1) is 17.6. The third kappa shape index (κ3) is 7.12. The van der Waals surface area contributed by atoms with E-state index in [1.54, 1.807) is 6.07 Å². The molecule has 0 saturated carbocycles. The van der Waals surface area contributed by atoms with Gasteiger partial charge in [0.05, 0.1) is 47.7 Å². The normalized spacial score (nSPS) is 18.9. The number of morpholine rings is 1. The third-order valence-electron chi connectivity index (χ3n) is 6.08. The van der Waals surface area contributed by atoms with E-state index in [4.69, 9.17) is 9.47 Å². The van der Waals surface area contributed by atoms with Gasteiger partial charge in [-0.2, -0.15) is 17.5 Å². The number of nitrogens with one attached hydrogen (secondary N) is 3. The molecule has 0 spiro atoms. The van der Waals surface area contributed by atoms with Crippen LogP contribution in [0.1, 0.15) is 18.4 Å². The number of ether oxygens (including phenoxy) is 2. The summed E-state index contributed by atoms with van der Waals surface area (Å²) in [4.78, 5) is 12.6. The second-order valence-corrected chi connectivity index (χ2v) is 10.7. The van der Waals surface area contributed by atoms with E-state index in [0.29, 0.717) is 37.7 Å². The Kier molecular flexibility index (Phi) is 8.57. The van der Waals surface area contributed by atoms with Crippen LogP contribution in [0, 0.1) is 0 Å². The molecule has 2 aliphatic heterocycles. The largest absolute Gasteiger partial charge is 0.416 e. The van der Waals surface area contributed by atoms with E-state index in [2.05, 4.69) is 16.0 Å². The molecule has 2 aromatic carbocycles. The van der Waals surface area contributed by atoms with Crippen LogP contribution in [-0.4, -0.2) is 70.7 Å². The SMILES string of the molecule is O=C(CNc1cc(S(=O)(=O)N2CCOCC2)ccc1NC[C@@H]1CCCO1)Nc1ccc(C(F)(F)F)cc1. The Morgan fingerprint density at radius 1 is 1.00 bits per heavy atom. The molecule has 2 aromatic rings. The highest BCUT2D eigenvalue weighted by molar-refractivity contribution is 7.89. The van der Waals surface area contributed by atoms with Crippen molar-refractivity contribution in [2.75, 3.05) is 62.0 Å². The minimum atomic E-state index is -4.47. The lowest BCUT2D eigenvalue weighted by molar-refractivity contribution is -0.137. The summed E-state index contributed by atoms with van der Waals surface area (Å²) in [7, 11) is -3.77. The number of amides is 1. The summed E-state index contributed by atoms with van der Waals surface area (Å²) in [5.74, 6) is -0.508. The highest BCUT2D eigenvalue weighted by Gasteiger charge is 2.30. The van der Waals surface area contributed by atoms with Crippen molar-refractivity contribution in [1.29, 1.82) is 0 Å². The zero-order valence-electron chi connectivity index (χ0n) is 20.0. The summed E-state index contributed by atoms with van der Waals surface area (Å²) in [5.41, 5.74) is 0.387. The molecule has 1 atom stereocenters. The van der Waals surface area contributed by atoms with Crippen LogP contribution in [0.25, 0.3) is 0 Å². The summed E-state index contributed by atoms with van der Waals surface area (Å²) >= 11 is 0. The Morgan fingerprint density at radius 2 is 1.73 bits per heavy atom. The summed E-state index contributed by atoms with van der Waals surface area (Å²) in [6.07, 6.45) is -2.55. The number of sulfonamides is 1. The van der Waals surface area contributed by atoms with Crippen molar-refractivity contribution in [1.82, 2.24) is 4.31 Å². The van der Waals surface area contributed by atoms with Gasteiger partial charge in [-0.3, -0.25) is 4.79 Å². The number of alkyl halides is 3. The van der Waals surface area contributed by atoms with Crippen molar-refractivity contribution in [2.45, 2.75) is 30.0 Å². The maximum absolute atomic E-state index is 13.1. The van der Waals surface area contributed by atoms with Gasteiger partial charge in [-0.1, -0.05) is 0 Å². The van der Waals surface area contributed by atoms with E-state index < -0.39 is 27.7 Å². The fraction of sp³-hybridized carbons (Fsp3) is 0.458. The summed E-state index contributed by atoms with van der Waals surface area (Å²) in [5, 5.41) is 8.74. The van der Waals surface area contributed by atoms with Gasteiger partial charge in [-0.25, -0.2) is 8.42 Å². The van der Waals surface area contributed by atoms with Gasteiger partial charge in [-0.15, -0.1) is 0 Å². The summed E-state index contributed by atoms with van der Waals surface area (Å²) in [6.45, 7) is 2.10. The van der Waals surface area contributed by atoms with Gasteiger partial charge in [0.25, 0.3) is 0 Å². The number of carbonyl (C=O) groups excluding carboxylic acids is 1. The first kappa shape index (κ1) is 27.2. The number of hydrogen-bond acceptors (Lipinski definition) is 7. The lowest BCUT2D eigenvalue weighted by Crippen LogP contribution is -2.40. The fourth-order valence-corrected chi connectivity index (χ4v) is 5.51. The first-order valence-electron chi connectivity index (χ1n) is 11.9. The average Bonchev–Trinajstić information content (AvgIpc) is 3.40.